The van der Waals surface area contributed by atoms with Crippen molar-refractivity contribution in [1.82, 2.24) is 9.55 Å². The van der Waals surface area contributed by atoms with Crippen LogP contribution in [0.1, 0.15) is 11.4 Å². The number of imidazole rings is 1. The Balaban J connectivity index is 2.24. The summed E-state index contributed by atoms with van der Waals surface area (Å²) in [6.45, 7) is 0. The molecule has 22 heavy (non-hydrogen) atoms. The van der Waals surface area contributed by atoms with Gasteiger partial charge in [0.2, 0.25) is 0 Å². The maximum Gasteiger partial charge on any atom is 0.155 e. The summed E-state index contributed by atoms with van der Waals surface area (Å²) >= 11 is 0. The number of benzene rings is 2. The number of fused-ring (bicyclic) bond motifs is 1. The first-order valence-electron chi connectivity index (χ1n) is 6.63. The van der Waals surface area contributed by atoms with Gasteiger partial charge in [0, 0.05) is 12.6 Å². The lowest BCUT2D eigenvalue weighted by molar-refractivity contribution is 0.512. The quantitative estimate of drug-likeness (QED) is 0.579. The molecule has 0 saturated carbocycles. The lowest BCUT2D eigenvalue weighted by Crippen LogP contribution is -1.99. The van der Waals surface area contributed by atoms with Gasteiger partial charge in [-0.2, -0.15) is 5.26 Å². The molecule has 0 saturated heterocycles. The third kappa shape index (κ3) is 2.21. The molecule has 5 heteroatoms. The minimum atomic E-state index is -0.480. The van der Waals surface area contributed by atoms with Crippen molar-refractivity contribution in [2.45, 2.75) is 0 Å². The van der Waals surface area contributed by atoms with E-state index in [1.165, 1.54) is 18.2 Å². The van der Waals surface area contributed by atoms with Crippen molar-refractivity contribution in [3.63, 3.8) is 0 Å². The summed E-state index contributed by atoms with van der Waals surface area (Å²) < 4.78 is 15.0. The zero-order chi connectivity index (χ0) is 15.7. The third-order valence-electron chi connectivity index (χ3n) is 3.46. The Kier molecular flexibility index (Phi) is 3.36. The molecule has 0 atom stereocenters. The number of halogens is 1. The molecule has 0 bridgehead atoms. The summed E-state index contributed by atoms with van der Waals surface area (Å²) in [6, 6.07) is 14.9. The molecule has 0 aliphatic rings. The monoisotopic (exact) mass is 293 g/mol. The Morgan fingerprint density at radius 2 is 2.00 bits per heavy atom. The van der Waals surface area contributed by atoms with Gasteiger partial charge in [0.25, 0.3) is 0 Å². The fourth-order valence-electron chi connectivity index (χ4n) is 2.36. The highest BCUT2D eigenvalue weighted by Crippen LogP contribution is 2.26. The van der Waals surface area contributed by atoms with Crippen LogP contribution in [0.4, 0.5) is 4.39 Å². The van der Waals surface area contributed by atoms with Gasteiger partial charge in [-0.3, -0.25) is 0 Å². The molecular weight excluding hydrogens is 281 g/mol. The Bertz CT molecular complexity index is 934. The summed E-state index contributed by atoms with van der Waals surface area (Å²) in [7, 11) is 1.76. The first-order valence-corrected chi connectivity index (χ1v) is 6.63. The number of para-hydroxylation sites is 2. The van der Waals surface area contributed by atoms with Crippen molar-refractivity contribution >= 4 is 22.4 Å². The van der Waals surface area contributed by atoms with Crippen LogP contribution in [0.15, 0.2) is 48.5 Å². The molecule has 0 fully saturated rings. The zero-order valence-electron chi connectivity index (χ0n) is 11.8. The van der Waals surface area contributed by atoms with Crippen LogP contribution in [0.5, 0.6) is 0 Å². The molecule has 0 aliphatic carbocycles. The van der Waals surface area contributed by atoms with Crippen LogP contribution in [-0.2, 0) is 7.05 Å². The van der Waals surface area contributed by atoms with E-state index in [0.717, 1.165) is 11.0 Å². The van der Waals surface area contributed by atoms with Crippen molar-refractivity contribution in [2.24, 2.45) is 7.05 Å². The molecule has 0 aliphatic heterocycles. The summed E-state index contributed by atoms with van der Waals surface area (Å²) in [5.41, 5.74) is 1.81. The summed E-state index contributed by atoms with van der Waals surface area (Å²) in [4.78, 5) is 4.38. The molecule has 108 valence electrons. The van der Waals surface area contributed by atoms with E-state index in [1.54, 1.807) is 17.7 Å². The molecule has 2 aromatic carbocycles. The first kappa shape index (κ1) is 13.8. The number of hydrogen-bond donors (Lipinski definition) is 1. The van der Waals surface area contributed by atoms with E-state index < -0.39 is 5.82 Å². The molecular formula is C17H12FN3O. The van der Waals surface area contributed by atoms with E-state index in [1.807, 2.05) is 30.3 Å². The molecule has 0 unspecified atom stereocenters. The molecule has 3 aromatic rings. The van der Waals surface area contributed by atoms with E-state index in [2.05, 4.69) is 4.98 Å². The standard InChI is InChI=1S/C17H12FN3O/c1-21-15-8-3-2-7-14(15)20-17(21)13(10-19)16(22)11-5-4-6-12(18)9-11/h2-9,22H,1H3/b16-13+. The maximum absolute atomic E-state index is 13.3. The van der Waals surface area contributed by atoms with Crippen molar-refractivity contribution in [3.8, 4) is 6.07 Å². The number of aryl methyl sites for hydroxylation is 1. The molecule has 1 N–H and O–H groups in total. The van der Waals surface area contributed by atoms with Crippen LogP contribution < -0.4 is 0 Å². The van der Waals surface area contributed by atoms with Crippen molar-refractivity contribution in [2.75, 3.05) is 0 Å². The van der Waals surface area contributed by atoms with Gasteiger partial charge in [0.1, 0.15) is 23.2 Å². The summed E-state index contributed by atoms with van der Waals surface area (Å²) in [5, 5.41) is 19.8. The average Bonchev–Trinajstić information content (AvgIpc) is 2.85. The predicted octanol–water partition coefficient (Wildman–Crippen LogP) is 3.66. The number of nitrogens with zero attached hydrogens (tertiary/aromatic N) is 3. The SMILES string of the molecule is Cn1c(/C(C#N)=C(/O)c2cccc(F)c2)nc2ccccc21. The van der Waals surface area contributed by atoms with Gasteiger partial charge in [0.05, 0.1) is 11.0 Å². The van der Waals surface area contributed by atoms with Gasteiger partial charge < -0.3 is 9.67 Å². The average molecular weight is 293 g/mol. The second kappa shape index (κ2) is 5.34. The van der Waals surface area contributed by atoms with E-state index in [0.29, 0.717) is 5.82 Å². The topological polar surface area (TPSA) is 61.8 Å². The Morgan fingerprint density at radius 1 is 1.23 bits per heavy atom. The predicted molar refractivity (Wildman–Crippen MR) is 82.2 cm³/mol. The van der Waals surface area contributed by atoms with Crippen LogP contribution in [-0.4, -0.2) is 14.7 Å². The minimum Gasteiger partial charge on any atom is -0.506 e. The second-order valence-corrected chi connectivity index (χ2v) is 4.83. The summed E-state index contributed by atoms with van der Waals surface area (Å²) in [5.74, 6) is -0.433. The van der Waals surface area contributed by atoms with Gasteiger partial charge in [-0.05, 0) is 24.3 Å². The lowest BCUT2D eigenvalue weighted by Gasteiger charge is -2.05. The van der Waals surface area contributed by atoms with Gasteiger partial charge in [-0.15, -0.1) is 0 Å². The van der Waals surface area contributed by atoms with Crippen LogP contribution in [0.2, 0.25) is 0 Å². The van der Waals surface area contributed by atoms with Crippen molar-refractivity contribution in [3.05, 3.63) is 65.7 Å². The van der Waals surface area contributed by atoms with E-state index in [9.17, 15) is 14.8 Å². The Morgan fingerprint density at radius 3 is 2.68 bits per heavy atom. The van der Waals surface area contributed by atoms with Crippen LogP contribution in [0, 0.1) is 17.1 Å². The third-order valence-corrected chi connectivity index (χ3v) is 3.46. The number of rotatable bonds is 2. The lowest BCUT2D eigenvalue weighted by atomic mass is 10.1. The van der Waals surface area contributed by atoms with Gasteiger partial charge >= 0.3 is 0 Å². The molecule has 1 aromatic heterocycles. The van der Waals surface area contributed by atoms with E-state index in [-0.39, 0.29) is 16.9 Å². The van der Waals surface area contributed by atoms with Crippen LogP contribution in [0.25, 0.3) is 22.4 Å². The van der Waals surface area contributed by atoms with Crippen LogP contribution >= 0.6 is 0 Å². The fraction of sp³-hybridized carbons (Fsp3) is 0.0588. The summed E-state index contributed by atoms with van der Waals surface area (Å²) in [6.07, 6.45) is 0. The molecule has 4 nitrogen and oxygen atoms in total. The van der Waals surface area contributed by atoms with Crippen molar-refractivity contribution in [1.29, 1.82) is 5.26 Å². The van der Waals surface area contributed by atoms with E-state index >= 15 is 0 Å². The fourth-order valence-corrected chi connectivity index (χ4v) is 2.36. The minimum absolute atomic E-state index is 0.00398. The zero-order valence-corrected chi connectivity index (χ0v) is 11.8. The van der Waals surface area contributed by atoms with Crippen LogP contribution in [0.3, 0.4) is 0 Å². The second-order valence-electron chi connectivity index (χ2n) is 4.83. The largest absolute Gasteiger partial charge is 0.506 e. The number of aromatic nitrogens is 2. The highest BCUT2D eigenvalue weighted by atomic mass is 19.1. The maximum atomic E-state index is 13.3. The number of allylic oxidation sites excluding steroid dienone is 1. The van der Waals surface area contributed by atoms with Gasteiger partial charge in [0.15, 0.2) is 5.82 Å². The molecule has 0 radical (unpaired) electrons. The normalized spacial score (nSPS) is 12.0. The van der Waals surface area contributed by atoms with E-state index in [4.69, 9.17) is 0 Å². The van der Waals surface area contributed by atoms with Crippen molar-refractivity contribution < 1.29 is 9.50 Å². The van der Waals surface area contributed by atoms with Gasteiger partial charge in [-0.25, -0.2) is 9.37 Å². The molecule has 3 rings (SSSR count). The highest BCUT2D eigenvalue weighted by molar-refractivity contribution is 5.94. The molecule has 0 spiro atoms. The molecule has 0 amide bonds. The first-order chi connectivity index (χ1) is 10.6. The smallest absolute Gasteiger partial charge is 0.155 e. The number of aliphatic hydroxyl groups is 1. The Labute approximate surface area is 126 Å². The number of hydrogen-bond acceptors (Lipinski definition) is 3. The Hall–Kier alpha value is -3.13. The molecule has 1 heterocycles. The number of nitriles is 1. The van der Waals surface area contributed by atoms with Gasteiger partial charge in [-0.1, -0.05) is 24.3 Å². The number of aliphatic hydroxyl groups excluding tert-OH is 1. The highest BCUT2D eigenvalue weighted by Gasteiger charge is 2.17.